The number of carbonyl (C=O) groups is 1. The third kappa shape index (κ3) is 1.72. The summed E-state index contributed by atoms with van der Waals surface area (Å²) < 4.78 is 5.91. The van der Waals surface area contributed by atoms with Crippen molar-refractivity contribution in [3.63, 3.8) is 0 Å². The zero-order valence-corrected chi connectivity index (χ0v) is 10.6. The normalized spacial score (nSPS) is 16.7. The molecule has 0 N–H and O–H groups in total. The van der Waals surface area contributed by atoms with Crippen LogP contribution in [0, 0.1) is 11.3 Å². The first kappa shape index (κ1) is 12.4. The van der Waals surface area contributed by atoms with Crippen molar-refractivity contribution >= 4 is 11.6 Å². The Bertz CT molecular complexity index is 501. The molecule has 4 heteroatoms. The molecule has 1 aromatic rings. The van der Waals surface area contributed by atoms with E-state index in [0.717, 1.165) is 0 Å². The Kier molecular flexibility index (Phi) is 3.24. The predicted molar refractivity (Wildman–Crippen MR) is 68.3 cm³/mol. The van der Waals surface area contributed by atoms with Gasteiger partial charge in [0.05, 0.1) is 11.8 Å². The maximum atomic E-state index is 12.5. The molecule has 1 aromatic carbocycles. The molecule has 4 nitrogen and oxygen atoms in total. The Morgan fingerprint density at radius 3 is 2.61 bits per heavy atom. The minimum atomic E-state index is -0.828. The zero-order chi connectivity index (χ0) is 13.2. The summed E-state index contributed by atoms with van der Waals surface area (Å²) in [5, 5.41) is 8.89. The molecule has 18 heavy (non-hydrogen) atoms. The molecular formula is C14H16N2O2. The molecule has 1 aliphatic rings. The Balaban J connectivity index is 2.53. The first-order valence-electron chi connectivity index (χ1n) is 6.15. The second-order valence-corrected chi connectivity index (χ2v) is 4.32. The van der Waals surface area contributed by atoms with E-state index in [2.05, 4.69) is 0 Å². The number of rotatable bonds is 3. The number of para-hydroxylation sites is 2. The minimum absolute atomic E-state index is 0.0565. The summed E-state index contributed by atoms with van der Waals surface area (Å²) in [7, 11) is 0. The number of fused-ring (bicyclic) bond motifs is 1. The molecule has 1 amide bonds. The van der Waals surface area contributed by atoms with Gasteiger partial charge < -0.3 is 4.74 Å². The number of amides is 1. The Hall–Kier alpha value is -2.02. The number of carbonyl (C=O) groups excluding carboxylic acids is 1. The lowest BCUT2D eigenvalue weighted by atomic mass is 9.93. The molecule has 0 aliphatic carbocycles. The van der Waals surface area contributed by atoms with Gasteiger partial charge in [-0.15, -0.1) is 0 Å². The van der Waals surface area contributed by atoms with E-state index in [1.807, 2.05) is 38.1 Å². The molecule has 1 heterocycles. The summed E-state index contributed by atoms with van der Waals surface area (Å²) >= 11 is 0. The van der Waals surface area contributed by atoms with E-state index in [4.69, 9.17) is 10.00 Å². The van der Waals surface area contributed by atoms with Crippen molar-refractivity contribution in [3.8, 4) is 11.8 Å². The van der Waals surface area contributed by atoms with E-state index < -0.39 is 5.60 Å². The Labute approximate surface area is 107 Å². The molecule has 0 radical (unpaired) electrons. The van der Waals surface area contributed by atoms with Crippen LogP contribution in [-0.4, -0.2) is 18.1 Å². The fraction of sp³-hybridized carbons (Fsp3) is 0.429. The van der Waals surface area contributed by atoms with Crippen molar-refractivity contribution in [1.82, 2.24) is 0 Å². The van der Waals surface area contributed by atoms with Crippen molar-refractivity contribution in [2.24, 2.45) is 0 Å². The highest BCUT2D eigenvalue weighted by atomic mass is 16.5. The van der Waals surface area contributed by atoms with E-state index in [-0.39, 0.29) is 12.5 Å². The molecule has 0 spiro atoms. The molecule has 0 bridgehead atoms. The smallest absolute Gasteiger partial charge is 0.272 e. The van der Waals surface area contributed by atoms with Gasteiger partial charge in [0.15, 0.2) is 5.60 Å². The van der Waals surface area contributed by atoms with Gasteiger partial charge in [-0.1, -0.05) is 26.0 Å². The van der Waals surface area contributed by atoms with Crippen molar-refractivity contribution in [1.29, 1.82) is 5.26 Å². The number of ether oxygens (including phenoxy) is 1. The summed E-state index contributed by atoms with van der Waals surface area (Å²) in [6, 6.07) is 9.40. The largest absolute Gasteiger partial charge is 0.475 e. The fourth-order valence-electron chi connectivity index (χ4n) is 2.30. The molecule has 0 saturated carbocycles. The van der Waals surface area contributed by atoms with Crippen LogP contribution in [0.15, 0.2) is 24.3 Å². The van der Waals surface area contributed by atoms with Crippen LogP contribution < -0.4 is 9.64 Å². The molecule has 0 aromatic heterocycles. The molecule has 0 atom stereocenters. The monoisotopic (exact) mass is 244 g/mol. The van der Waals surface area contributed by atoms with Crippen LogP contribution in [0.25, 0.3) is 0 Å². The van der Waals surface area contributed by atoms with Crippen LogP contribution in [0.2, 0.25) is 0 Å². The first-order chi connectivity index (χ1) is 8.68. The summed E-state index contributed by atoms with van der Waals surface area (Å²) in [5.41, 5.74) is -0.146. The van der Waals surface area contributed by atoms with Gasteiger partial charge >= 0.3 is 0 Å². The predicted octanol–water partition coefficient (Wildman–Crippen LogP) is 2.49. The zero-order valence-electron chi connectivity index (χ0n) is 10.6. The van der Waals surface area contributed by atoms with Crippen LogP contribution in [0.4, 0.5) is 5.69 Å². The third-order valence-electron chi connectivity index (χ3n) is 3.47. The van der Waals surface area contributed by atoms with Crippen LogP contribution in [-0.2, 0) is 4.79 Å². The topological polar surface area (TPSA) is 53.3 Å². The van der Waals surface area contributed by atoms with Gasteiger partial charge in [-0.05, 0) is 25.0 Å². The maximum absolute atomic E-state index is 12.5. The number of anilines is 1. The van der Waals surface area contributed by atoms with Crippen LogP contribution in [0.3, 0.4) is 0 Å². The highest BCUT2D eigenvalue weighted by molar-refractivity contribution is 6.03. The van der Waals surface area contributed by atoms with Crippen LogP contribution in [0.5, 0.6) is 5.75 Å². The number of benzene rings is 1. The van der Waals surface area contributed by atoms with Gasteiger partial charge in [-0.3, -0.25) is 9.69 Å². The Morgan fingerprint density at radius 2 is 2.00 bits per heavy atom. The van der Waals surface area contributed by atoms with Crippen molar-refractivity contribution in [2.45, 2.75) is 32.3 Å². The van der Waals surface area contributed by atoms with Gasteiger partial charge in [-0.25, -0.2) is 0 Å². The van der Waals surface area contributed by atoms with Crippen molar-refractivity contribution in [3.05, 3.63) is 24.3 Å². The molecule has 2 rings (SSSR count). The lowest BCUT2D eigenvalue weighted by Gasteiger charge is -2.41. The van der Waals surface area contributed by atoms with Gasteiger partial charge in [-0.2, -0.15) is 5.26 Å². The number of nitriles is 1. The minimum Gasteiger partial charge on any atom is -0.475 e. The maximum Gasteiger partial charge on any atom is 0.272 e. The summed E-state index contributed by atoms with van der Waals surface area (Å²) in [6.07, 6.45) is 1.19. The van der Waals surface area contributed by atoms with Gasteiger partial charge in [0, 0.05) is 0 Å². The van der Waals surface area contributed by atoms with Crippen LogP contribution >= 0.6 is 0 Å². The van der Waals surface area contributed by atoms with E-state index >= 15 is 0 Å². The van der Waals surface area contributed by atoms with Crippen LogP contribution in [0.1, 0.15) is 26.7 Å². The third-order valence-corrected chi connectivity index (χ3v) is 3.47. The number of nitrogens with zero attached hydrogens (tertiary/aromatic N) is 2. The molecule has 0 unspecified atom stereocenters. The van der Waals surface area contributed by atoms with Crippen molar-refractivity contribution < 1.29 is 9.53 Å². The van der Waals surface area contributed by atoms with Gasteiger partial charge in [0.25, 0.3) is 5.91 Å². The molecule has 94 valence electrons. The molecular weight excluding hydrogens is 228 g/mol. The quantitative estimate of drug-likeness (QED) is 0.767. The fourth-order valence-corrected chi connectivity index (χ4v) is 2.30. The summed E-state index contributed by atoms with van der Waals surface area (Å²) in [5.74, 6) is 0.559. The average Bonchev–Trinajstić information content (AvgIpc) is 2.42. The van der Waals surface area contributed by atoms with Gasteiger partial charge in [0.1, 0.15) is 12.3 Å². The SMILES string of the molecule is CCC1(CC)Oc2ccccc2N(CC#N)C1=O. The standard InChI is InChI=1S/C14H16N2O2/c1-3-14(4-2)13(17)16(10-9-15)11-7-5-6-8-12(11)18-14/h5-8H,3-4,10H2,1-2H3. The van der Waals surface area contributed by atoms with E-state index in [1.165, 1.54) is 4.90 Å². The number of hydrogen-bond donors (Lipinski definition) is 0. The second kappa shape index (κ2) is 4.69. The molecule has 0 saturated heterocycles. The highest BCUT2D eigenvalue weighted by Gasteiger charge is 2.45. The molecule has 1 aliphatic heterocycles. The lowest BCUT2D eigenvalue weighted by molar-refractivity contribution is -0.136. The lowest BCUT2D eigenvalue weighted by Crippen LogP contribution is -2.55. The van der Waals surface area contributed by atoms with E-state index in [0.29, 0.717) is 24.3 Å². The van der Waals surface area contributed by atoms with Gasteiger partial charge in [0.2, 0.25) is 0 Å². The second-order valence-electron chi connectivity index (χ2n) is 4.32. The van der Waals surface area contributed by atoms with E-state index in [1.54, 1.807) is 6.07 Å². The highest BCUT2D eigenvalue weighted by Crippen LogP contribution is 2.39. The molecule has 0 fully saturated rings. The summed E-state index contributed by atoms with van der Waals surface area (Å²) in [4.78, 5) is 14.0. The first-order valence-corrected chi connectivity index (χ1v) is 6.15. The summed E-state index contributed by atoms with van der Waals surface area (Å²) in [6.45, 7) is 3.92. The van der Waals surface area contributed by atoms with Crippen molar-refractivity contribution in [2.75, 3.05) is 11.4 Å². The average molecular weight is 244 g/mol. The van der Waals surface area contributed by atoms with E-state index in [9.17, 15) is 4.79 Å². The Morgan fingerprint density at radius 1 is 1.33 bits per heavy atom. The number of hydrogen-bond acceptors (Lipinski definition) is 3.